The van der Waals surface area contributed by atoms with E-state index >= 15 is 0 Å². The first kappa shape index (κ1) is 12.3. The maximum atomic E-state index is 5.41. The van der Waals surface area contributed by atoms with Gasteiger partial charge in [-0.15, -0.1) is 0 Å². The standard InChI is InChI=1S/C13H23NO/c1-5-13(3,4)12(14-6-2)10-11-8-7-9-15-11/h7-9,12,14H,5-6,10H2,1-4H3. The molecule has 2 nitrogen and oxygen atoms in total. The molecule has 1 unspecified atom stereocenters. The van der Waals surface area contributed by atoms with Gasteiger partial charge in [0.1, 0.15) is 5.76 Å². The van der Waals surface area contributed by atoms with E-state index in [9.17, 15) is 0 Å². The van der Waals surface area contributed by atoms with Gasteiger partial charge in [0, 0.05) is 12.5 Å². The summed E-state index contributed by atoms with van der Waals surface area (Å²) in [5, 5.41) is 3.55. The summed E-state index contributed by atoms with van der Waals surface area (Å²) in [5.41, 5.74) is 0.308. The Bertz CT molecular complexity index is 264. The minimum Gasteiger partial charge on any atom is -0.469 e. The second-order valence-corrected chi connectivity index (χ2v) is 4.74. The van der Waals surface area contributed by atoms with E-state index in [-0.39, 0.29) is 0 Å². The SMILES string of the molecule is CCNC(Cc1ccco1)C(C)(C)CC. The van der Waals surface area contributed by atoms with Crippen molar-refractivity contribution in [2.75, 3.05) is 6.54 Å². The van der Waals surface area contributed by atoms with Crippen molar-refractivity contribution in [3.05, 3.63) is 24.2 Å². The lowest BCUT2D eigenvalue weighted by molar-refractivity contribution is 0.224. The number of hydrogen-bond donors (Lipinski definition) is 1. The molecular formula is C13H23NO. The molecule has 0 saturated carbocycles. The van der Waals surface area contributed by atoms with Crippen LogP contribution in [0.15, 0.2) is 22.8 Å². The molecule has 1 aromatic heterocycles. The molecule has 0 bridgehead atoms. The molecule has 1 rings (SSSR count). The maximum absolute atomic E-state index is 5.41. The molecule has 0 saturated heterocycles. The fourth-order valence-electron chi connectivity index (χ4n) is 1.75. The number of rotatable bonds is 6. The van der Waals surface area contributed by atoms with E-state index in [1.807, 2.05) is 6.07 Å². The number of furan rings is 1. The zero-order valence-electron chi connectivity index (χ0n) is 10.3. The van der Waals surface area contributed by atoms with E-state index < -0.39 is 0 Å². The first-order valence-electron chi connectivity index (χ1n) is 5.86. The predicted molar refractivity (Wildman–Crippen MR) is 63.9 cm³/mol. The molecular weight excluding hydrogens is 186 g/mol. The van der Waals surface area contributed by atoms with E-state index in [2.05, 4.69) is 39.1 Å². The number of nitrogens with one attached hydrogen (secondary N) is 1. The van der Waals surface area contributed by atoms with Crippen LogP contribution in [0.4, 0.5) is 0 Å². The molecule has 15 heavy (non-hydrogen) atoms. The van der Waals surface area contributed by atoms with Gasteiger partial charge in [-0.3, -0.25) is 0 Å². The van der Waals surface area contributed by atoms with Crippen LogP contribution in [0.5, 0.6) is 0 Å². The Balaban J connectivity index is 2.66. The van der Waals surface area contributed by atoms with Crippen LogP contribution in [0.25, 0.3) is 0 Å². The third-order valence-electron chi connectivity index (χ3n) is 3.29. The molecule has 1 atom stereocenters. The van der Waals surface area contributed by atoms with Crippen LogP contribution >= 0.6 is 0 Å². The Labute approximate surface area is 93.1 Å². The monoisotopic (exact) mass is 209 g/mol. The van der Waals surface area contributed by atoms with Gasteiger partial charge in [-0.05, 0) is 30.5 Å². The lowest BCUT2D eigenvalue weighted by atomic mass is 9.80. The molecule has 1 heterocycles. The first-order valence-corrected chi connectivity index (χ1v) is 5.86. The van der Waals surface area contributed by atoms with Gasteiger partial charge < -0.3 is 9.73 Å². The minimum atomic E-state index is 0.308. The molecule has 0 amide bonds. The first-order chi connectivity index (χ1) is 7.10. The average Bonchev–Trinajstić information content (AvgIpc) is 2.70. The number of hydrogen-bond acceptors (Lipinski definition) is 2. The molecule has 86 valence electrons. The molecule has 0 radical (unpaired) electrons. The minimum absolute atomic E-state index is 0.308. The molecule has 1 N–H and O–H groups in total. The molecule has 0 spiro atoms. The van der Waals surface area contributed by atoms with Crippen molar-refractivity contribution in [1.29, 1.82) is 0 Å². The highest BCUT2D eigenvalue weighted by atomic mass is 16.3. The van der Waals surface area contributed by atoms with Crippen LogP contribution in [-0.4, -0.2) is 12.6 Å². The average molecular weight is 209 g/mol. The van der Waals surface area contributed by atoms with Crippen LogP contribution in [0.2, 0.25) is 0 Å². The summed E-state index contributed by atoms with van der Waals surface area (Å²) in [7, 11) is 0. The summed E-state index contributed by atoms with van der Waals surface area (Å²) in [6, 6.07) is 4.49. The fourth-order valence-corrected chi connectivity index (χ4v) is 1.75. The summed E-state index contributed by atoms with van der Waals surface area (Å²) in [6.45, 7) is 10.0. The smallest absolute Gasteiger partial charge is 0.105 e. The molecule has 0 aromatic carbocycles. The van der Waals surface area contributed by atoms with E-state index in [0.29, 0.717) is 11.5 Å². The van der Waals surface area contributed by atoms with Crippen molar-refractivity contribution in [3.8, 4) is 0 Å². The van der Waals surface area contributed by atoms with Crippen LogP contribution in [0, 0.1) is 5.41 Å². The van der Waals surface area contributed by atoms with Crippen LogP contribution in [-0.2, 0) is 6.42 Å². The van der Waals surface area contributed by atoms with Crippen molar-refractivity contribution in [2.45, 2.75) is 46.6 Å². The fraction of sp³-hybridized carbons (Fsp3) is 0.692. The highest BCUT2D eigenvalue weighted by molar-refractivity contribution is 5.02. The van der Waals surface area contributed by atoms with Crippen molar-refractivity contribution in [2.24, 2.45) is 5.41 Å². The summed E-state index contributed by atoms with van der Waals surface area (Å²) < 4.78 is 5.41. The van der Waals surface area contributed by atoms with Crippen LogP contribution in [0.1, 0.15) is 39.9 Å². The Morgan fingerprint density at radius 3 is 2.60 bits per heavy atom. The zero-order chi connectivity index (χ0) is 11.3. The predicted octanol–water partition coefficient (Wildman–Crippen LogP) is 3.24. The molecule has 1 aromatic rings. The van der Waals surface area contributed by atoms with Gasteiger partial charge in [0.15, 0.2) is 0 Å². The van der Waals surface area contributed by atoms with Crippen LogP contribution in [0.3, 0.4) is 0 Å². The molecule has 2 heteroatoms. The quantitative estimate of drug-likeness (QED) is 0.778. The lowest BCUT2D eigenvalue weighted by Crippen LogP contribution is -2.43. The summed E-state index contributed by atoms with van der Waals surface area (Å²) in [5.74, 6) is 1.07. The Morgan fingerprint density at radius 1 is 1.40 bits per heavy atom. The van der Waals surface area contributed by atoms with Crippen LogP contribution < -0.4 is 5.32 Å². The second-order valence-electron chi connectivity index (χ2n) is 4.74. The largest absolute Gasteiger partial charge is 0.469 e. The van der Waals surface area contributed by atoms with Crippen molar-refractivity contribution >= 4 is 0 Å². The second kappa shape index (κ2) is 5.36. The Kier molecular flexibility index (Phi) is 4.40. The zero-order valence-corrected chi connectivity index (χ0v) is 10.3. The van der Waals surface area contributed by atoms with Crippen molar-refractivity contribution < 1.29 is 4.42 Å². The van der Waals surface area contributed by atoms with Gasteiger partial charge in [-0.25, -0.2) is 0 Å². The summed E-state index contributed by atoms with van der Waals surface area (Å²) in [4.78, 5) is 0. The van der Waals surface area contributed by atoms with E-state index in [4.69, 9.17) is 4.42 Å². The molecule has 0 fully saturated rings. The Hall–Kier alpha value is -0.760. The van der Waals surface area contributed by atoms with Gasteiger partial charge in [0.25, 0.3) is 0 Å². The van der Waals surface area contributed by atoms with Gasteiger partial charge in [-0.1, -0.05) is 27.7 Å². The highest BCUT2D eigenvalue weighted by Crippen LogP contribution is 2.27. The molecule has 0 aliphatic rings. The van der Waals surface area contributed by atoms with Gasteiger partial charge in [0.05, 0.1) is 6.26 Å². The van der Waals surface area contributed by atoms with Crippen molar-refractivity contribution in [3.63, 3.8) is 0 Å². The van der Waals surface area contributed by atoms with Crippen molar-refractivity contribution in [1.82, 2.24) is 5.32 Å². The molecule has 0 aliphatic carbocycles. The van der Waals surface area contributed by atoms with Gasteiger partial charge in [0.2, 0.25) is 0 Å². The van der Waals surface area contributed by atoms with Gasteiger partial charge in [-0.2, -0.15) is 0 Å². The number of likely N-dealkylation sites (N-methyl/N-ethyl adjacent to an activating group) is 1. The molecule has 0 aliphatic heterocycles. The summed E-state index contributed by atoms with van der Waals surface area (Å²) in [6.07, 6.45) is 3.89. The normalized spacial score (nSPS) is 14.1. The lowest BCUT2D eigenvalue weighted by Gasteiger charge is -2.33. The van der Waals surface area contributed by atoms with Gasteiger partial charge >= 0.3 is 0 Å². The van der Waals surface area contributed by atoms with E-state index in [0.717, 1.165) is 18.7 Å². The van der Waals surface area contributed by atoms with E-state index in [1.54, 1.807) is 6.26 Å². The summed E-state index contributed by atoms with van der Waals surface area (Å²) >= 11 is 0. The highest BCUT2D eigenvalue weighted by Gasteiger charge is 2.27. The third kappa shape index (κ3) is 3.38. The Morgan fingerprint density at radius 2 is 2.13 bits per heavy atom. The van der Waals surface area contributed by atoms with E-state index in [1.165, 1.54) is 6.42 Å². The third-order valence-corrected chi connectivity index (χ3v) is 3.29. The maximum Gasteiger partial charge on any atom is 0.105 e. The topological polar surface area (TPSA) is 25.2 Å².